The molecule has 1 N–H and O–H groups in total. The highest BCUT2D eigenvalue weighted by Gasteiger charge is 2.31. The second-order valence-electron chi connectivity index (χ2n) is 6.18. The molecule has 0 aromatic heterocycles. The molecule has 1 saturated carbocycles. The molecule has 0 aliphatic heterocycles. The molecule has 1 fully saturated rings. The lowest BCUT2D eigenvalue weighted by Crippen LogP contribution is -2.26. The molecule has 3 atom stereocenters. The Morgan fingerprint density at radius 3 is 2.60 bits per heavy atom. The molecule has 3 unspecified atom stereocenters. The van der Waals surface area contributed by atoms with E-state index in [1.165, 1.54) is 31.2 Å². The third-order valence-electron chi connectivity index (χ3n) is 4.78. The first kappa shape index (κ1) is 15.1. The Bertz CT molecular complexity index is 413. The molecule has 1 aromatic rings. The summed E-state index contributed by atoms with van der Waals surface area (Å²) < 4.78 is 0. The molecule has 2 nitrogen and oxygen atoms in total. The van der Waals surface area contributed by atoms with Crippen LogP contribution in [-0.4, -0.2) is 11.1 Å². The van der Waals surface area contributed by atoms with Crippen LogP contribution in [0.1, 0.15) is 63.4 Å². The number of benzene rings is 1. The van der Waals surface area contributed by atoms with Crippen LogP contribution in [0.4, 0.5) is 0 Å². The fourth-order valence-corrected chi connectivity index (χ4v) is 3.67. The molecule has 0 radical (unpaired) electrons. The van der Waals surface area contributed by atoms with E-state index in [4.69, 9.17) is 5.11 Å². The van der Waals surface area contributed by atoms with E-state index in [0.29, 0.717) is 24.2 Å². The molecule has 20 heavy (non-hydrogen) atoms. The molecule has 0 heterocycles. The minimum Gasteiger partial charge on any atom is -0.481 e. The van der Waals surface area contributed by atoms with Gasteiger partial charge < -0.3 is 5.11 Å². The van der Waals surface area contributed by atoms with Gasteiger partial charge in [0, 0.05) is 6.42 Å². The Morgan fingerprint density at radius 1 is 1.20 bits per heavy atom. The third-order valence-corrected chi connectivity index (χ3v) is 4.78. The number of carbonyl (C=O) groups is 1. The monoisotopic (exact) mass is 274 g/mol. The lowest BCUT2D eigenvalue weighted by Gasteiger charge is -2.36. The van der Waals surface area contributed by atoms with Crippen molar-refractivity contribution in [3.8, 4) is 0 Å². The van der Waals surface area contributed by atoms with E-state index in [0.717, 1.165) is 12.8 Å². The van der Waals surface area contributed by atoms with Gasteiger partial charge in [-0.3, -0.25) is 4.79 Å². The first-order valence-electron chi connectivity index (χ1n) is 7.97. The fourth-order valence-electron chi connectivity index (χ4n) is 3.67. The van der Waals surface area contributed by atoms with Gasteiger partial charge in [0.25, 0.3) is 0 Å². The van der Waals surface area contributed by atoms with Crippen LogP contribution in [0.2, 0.25) is 0 Å². The van der Waals surface area contributed by atoms with Crippen LogP contribution in [-0.2, 0) is 4.79 Å². The summed E-state index contributed by atoms with van der Waals surface area (Å²) in [5.41, 5.74) is 1.43. The van der Waals surface area contributed by atoms with Gasteiger partial charge in [-0.05, 0) is 42.6 Å². The van der Waals surface area contributed by atoms with E-state index in [9.17, 15) is 4.79 Å². The average molecular weight is 274 g/mol. The highest BCUT2D eigenvalue weighted by Crippen LogP contribution is 2.42. The van der Waals surface area contributed by atoms with Crippen molar-refractivity contribution < 1.29 is 9.90 Å². The number of carboxylic acids is 1. The summed E-state index contributed by atoms with van der Waals surface area (Å²) in [7, 11) is 0. The van der Waals surface area contributed by atoms with Gasteiger partial charge in [-0.2, -0.15) is 0 Å². The number of aliphatic carboxylic acids is 1. The quantitative estimate of drug-likeness (QED) is 0.805. The number of hydrogen-bond donors (Lipinski definition) is 1. The van der Waals surface area contributed by atoms with Crippen molar-refractivity contribution >= 4 is 5.97 Å². The molecule has 1 aromatic carbocycles. The summed E-state index contributed by atoms with van der Waals surface area (Å²) in [5.74, 6) is 0.974. The van der Waals surface area contributed by atoms with Gasteiger partial charge in [-0.25, -0.2) is 0 Å². The molecule has 0 spiro atoms. The minimum absolute atomic E-state index is 0.357. The fraction of sp³-hybridized carbons (Fsp3) is 0.611. The standard InChI is InChI=1S/C18H26O2/c1-2-3-7-15-12-16(14-8-5-4-6-9-14)10-11-17(15)13-18(19)20/h4-6,8-9,15-17H,2-3,7,10-13H2,1H3,(H,19,20). The number of hydrogen-bond acceptors (Lipinski definition) is 1. The van der Waals surface area contributed by atoms with Crippen LogP contribution in [0.3, 0.4) is 0 Å². The largest absolute Gasteiger partial charge is 0.481 e. The SMILES string of the molecule is CCCCC1CC(c2ccccc2)CCC1CC(=O)O. The van der Waals surface area contributed by atoms with Gasteiger partial charge in [0.05, 0.1) is 0 Å². The van der Waals surface area contributed by atoms with Crippen molar-refractivity contribution in [2.75, 3.05) is 0 Å². The zero-order valence-electron chi connectivity index (χ0n) is 12.4. The molecule has 0 amide bonds. The van der Waals surface area contributed by atoms with Gasteiger partial charge >= 0.3 is 5.97 Å². The molecule has 2 heteroatoms. The average Bonchev–Trinajstić information content (AvgIpc) is 2.46. The topological polar surface area (TPSA) is 37.3 Å². The van der Waals surface area contributed by atoms with Crippen molar-refractivity contribution in [1.82, 2.24) is 0 Å². The van der Waals surface area contributed by atoms with E-state index in [1.54, 1.807) is 0 Å². The van der Waals surface area contributed by atoms with Gasteiger partial charge in [-0.1, -0.05) is 56.5 Å². The summed E-state index contributed by atoms with van der Waals surface area (Å²) in [6.07, 6.45) is 7.36. The first-order valence-corrected chi connectivity index (χ1v) is 7.97. The summed E-state index contributed by atoms with van der Waals surface area (Å²) >= 11 is 0. The van der Waals surface area contributed by atoms with E-state index in [2.05, 4.69) is 37.3 Å². The normalized spacial score (nSPS) is 26.4. The van der Waals surface area contributed by atoms with Crippen molar-refractivity contribution in [2.45, 2.75) is 57.8 Å². The predicted molar refractivity (Wildman–Crippen MR) is 81.8 cm³/mol. The predicted octanol–water partition coefficient (Wildman–Crippen LogP) is 4.85. The van der Waals surface area contributed by atoms with Crippen LogP contribution >= 0.6 is 0 Å². The van der Waals surface area contributed by atoms with E-state index >= 15 is 0 Å². The smallest absolute Gasteiger partial charge is 0.303 e. The summed E-state index contributed by atoms with van der Waals surface area (Å²) in [6, 6.07) is 10.7. The zero-order valence-corrected chi connectivity index (χ0v) is 12.4. The molecular weight excluding hydrogens is 248 g/mol. The number of rotatable bonds is 6. The van der Waals surface area contributed by atoms with Crippen LogP contribution in [0.5, 0.6) is 0 Å². The van der Waals surface area contributed by atoms with E-state index < -0.39 is 5.97 Å². The molecular formula is C18H26O2. The number of carboxylic acid groups (broad SMARTS) is 1. The maximum Gasteiger partial charge on any atom is 0.303 e. The Hall–Kier alpha value is -1.31. The van der Waals surface area contributed by atoms with E-state index in [1.807, 2.05) is 0 Å². The summed E-state index contributed by atoms with van der Waals surface area (Å²) in [6.45, 7) is 2.21. The minimum atomic E-state index is -0.630. The van der Waals surface area contributed by atoms with Crippen molar-refractivity contribution in [1.29, 1.82) is 0 Å². The Balaban J connectivity index is 2.02. The maximum atomic E-state index is 11.0. The summed E-state index contributed by atoms with van der Waals surface area (Å²) in [5, 5.41) is 9.09. The van der Waals surface area contributed by atoms with Crippen LogP contribution in [0.15, 0.2) is 30.3 Å². The third kappa shape index (κ3) is 4.09. The summed E-state index contributed by atoms with van der Waals surface area (Å²) in [4.78, 5) is 11.0. The zero-order chi connectivity index (χ0) is 14.4. The highest BCUT2D eigenvalue weighted by atomic mass is 16.4. The van der Waals surface area contributed by atoms with E-state index in [-0.39, 0.29) is 0 Å². The molecule has 110 valence electrons. The van der Waals surface area contributed by atoms with Crippen LogP contribution in [0.25, 0.3) is 0 Å². The van der Waals surface area contributed by atoms with Gasteiger partial charge in [0.2, 0.25) is 0 Å². The second kappa shape index (κ2) is 7.47. The molecule has 1 aliphatic rings. The highest BCUT2D eigenvalue weighted by molar-refractivity contribution is 5.67. The maximum absolute atomic E-state index is 11.0. The van der Waals surface area contributed by atoms with Gasteiger partial charge in [-0.15, -0.1) is 0 Å². The Labute approximate surface area is 122 Å². The molecule has 2 rings (SSSR count). The molecule has 0 saturated heterocycles. The Morgan fingerprint density at radius 2 is 1.95 bits per heavy atom. The van der Waals surface area contributed by atoms with Crippen LogP contribution < -0.4 is 0 Å². The van der Waals surface area contributed by atoms with Crippen molar-refractivity contribution in [3.63, 3.8) is 0 Å². The molecule has 1 aliphatic carbocycles. The van der Waals surface area contributed by atoms with Crippen molar-refractivity contribution in [3.05, 3.63) is 35.9 Å². The van der Waals surface area contributed by atoms with Gasteiger partial charge in [0.1, 0.15) is 0 Å². The molecule has 0 bridgehead atoms. The van der Waals surface area contributed by atoms with Gasteiger partial charge in [0.15, 0.2) is 0 Å². The van der Waals surface area contributed by atoms with Crippen LogP contribution in [0, 0.1) is 11.8 Å². The first-order chi connectivity index (χ1) is 9.70. The second-order valence-corrected chi connectivity index (χ2v) is 6.18. The Kier molecular flexibility index (Phi) is 5.63. The number of unbranched alkanes of at least 4 members (excludes halogenated alkanes) is 1. The van der Waals surface area contributed by atoms with Crippen molar-refractivity contribution in [2.24, 2.45) is 11.8 Å². The lowest BCUT2D eigenvalue weighted by atomic mass is 9.69. The lowest BCUT2D eigenvalue weighted by molar-refractivity contribution is -0.139.